The van der Waals surface area contributed by atoms with Crippen molar-refractivity contribution in [3.05, 3.63) is 29.8 Å². The summed E-state index contributed by atoms with van der Waals surface area (Å²) < 4.78 is 10.1. The first kappa shape index (κ1) is 16.0. The molecule has 0 unspecified atom stereocenters. The van der Waals surface area contributed by atoms with E-state index in [0.29, 0.717) is 5.75 Å². The van der Waals surface area contributed by atoms with E-state index in [1.165, 1.54) is 0 Å². The Kier molecular flexibility index (Phi) is 6.56. The van der Waals surface area contributed by atoms with E-state index in [9.17, 15) is 9.59 Å². The number of para-hydroxylation sites is 1. The minimum absolute atomic E-state index is 0.0791. The Morgan fingerprint density at radius 2 is 2.00 bits per heavy atom. The molecule has 1 amide bonds. The van der Waals surface area contributed by atoms with Crippen LogP contribution < -0.4 is 10.1 Å². The summed E-state index contributed by atoms with van der Waals surface area (Å²) in [5.74, 6) is -0.102. The molecule has 0 bridgehead atoms. The van der Waals surface area contributed by atoms with Crippen molar-refractivity contribution < 1.29 is 19.1 Å². The van der Waals surface area contributed by atoms with Crippen molar-refractivity contribution in [2.24, 2.45) is 0 Å². The van der Waals surface area contributed by atoms with Gasteiger partial charge in [0.05, 0.1) is 13.5 Å². The fourth-order valence-corrected chi connectivity index (χ4v) is 1.62. The van der Waals surface area contributed by atoms with Crippen LogP contribution in [0.5, 0.6) is 5.75 Å². The first-order valence-electron chi connectivity index (χ1n) is 6.63. The minimum Gasteiger partial charge on any atom is -0.496 e. The number of methoxy groups -OCH3 is 1. The Bertz CT molecular complexity index is 459. The molecule has 5 heteroatoms. The number of ether oxygens (including phenoxy) is 2. The molecule has 1 N–H and O–H groups in total. The van der Waals surface area contributed by atoms with Crippen LogP contribution in [0, 0.1) is 0 Å². The molecular formula is C15H21NO4. The largest absolute Gasteiger partial charge is 0.496 e. The van der Waals surface area contributed by atoms with Crippen LogP contribution in [0.15, 0.2) is 24.3 Å². The molecule has 20 heavy (non-hydrogen) atoms. The molecule has 0 fully saturated rings. The van der Waals surface area contributed by atoms with E-state index >= 15 is 0 Å². The van der Waals surface area contributed by atoms with Crippen LogP contribution in [-0.4, -0.2) is 31.6 Å². The standard InChI is InChI=1S/C15H21NO4/c1-4-11(2)16-14(17)10-20-15(18)9-12-7-5-6-8-13(12)19-3/h5-8,11H,4,9-10H2,1-3H3,(H,16,17)/t11-/m0/s1. The smallest absolute Gasteiger partial charge is 0.310 e. The molecule has 0 aromatic heterocycles. The van der Waals surface area contributed by atoms with Gasteiger partial charge in [-0.05, 0) is 19.4 Å². The highest BCUT2D eigenvalue weighted by Gasteiger charge is 2.12. The number of hydrogen-bond donors (Lipinski definition) is 1. The van der Waals surface area contributed by atoms with Crippen LogP contribution in [0.1, 0.15) is 25.8 Å². The van der Waals surface area contributed by atoms with Crippen molar-refractivity contribution in [1.29, 1.82) is 0 Å². The van der Waals surface area contributed by atoms with Crippen molar-refractivity contribution in [2.75, 3.05) is 13.7 Å². The van der Waals surface area contributed by atoms with Gasteiger partial charge in [-0.1, -0.05) is 25.1 Å². The highest BCUT2D eigenvalue weighted by Crippen LogP contribution is 2.17. The molecule has 1 rings (SSSR count). The molecule has 0 aliphatic carbocycles. The van der Waals surface area contributed by atoms with Crippen molar-refractivity contribution in [1.82, 2.24) is 5.32 Å². The molecular weight excluding hydrogens is 258 g/mol. The number of esters is 1. The summed E-state index contributed by atoms with van der Waals surface area (Å²) >= 11 is 0. The van der Waals surface area contributed by atoms with Gasteiger partial charge in [0.25, 0.3) is 5.91 Å². The monoisotopic (exact) mass is 279 g/mol. The summed E-state index contributed by atoms with van der Waals surface area (Å²) in [4.78, 5) is 23.2. The molecule has 110 valence electrons. The van der Waals surface area contributed by atoms with Gasteiger partial charge < -0.3 is 14.8 Å². The molecule has 0 saturated carbocycles. The van der Waals surface area contributed by atoms with Crippen LogP contribution >= 0.6 is 0 Å². The highest BCUT2D eigenvalue weighted by molar-refractivity contribution is 5.81. The zero-order valence-corrected chi connectivity index (χ0v) is 12.1. The molecule has 0 heterocycles. The topological polar surface area (TPSA) is 64.6 Å². The first-order chi connectivity index (χ1) is 9.56. The van der Waals surface area contributed by atoms with Gasteiger partial charge in [-0.15, -0.1) is 0 Å². The maximum atomic E-state index is 11.7. The van der Waals surface area contributed by atoms with E-state index in [1.807, 2.05) is 26.0 Å². The quantitative estimate of drug-likeness (QED) is 0.771. The molecule has 1 aromatic rings. The molecule has 5 nitrogen and oxygen atoms in total. The fraction of sp³-hybridized carbons (Fsp3) is 0.467. The fourth-order valence-electron chi connectivity index (χ4n) is 1.62. The van der Waals surface area contributed by atoms with E-state index in [2.05, 4.69) is 5.32 Å². The number of benzene rings is 1. The van der Waals surface area contributed by atoms with Gasteiger partial charge >= 0.3 is 5.97 Å². The number of carbonyl (C=O) groups is 2. The summed E-state index contributed by atoms with van der Waals surface area (Å²) in [5.41, 5.74) is 0.738. The second kappa shape index (κ2) is 8.19. The summed E-state index contributed by atoms with van der Waals surface area (Å²) in [5, 5.41) is 2.73. The number of amides is 1. The lowest BCUT2D eigenvalue weighted by atomic mass is 10.1. The van der Waals surface area contributed by atoms with Gasteiger partial charge in [0.1, 0.15) is 5.75 Å². The summed E-state index contributed by atoms with van der Waals surface area (Å²) in [7, 11) is 1.55. The predicted octanol–water partition coefficient (Wildman–Crippen LogP) is 1.70. The summed E-state index contributed by atoms with van der Waals surface area (Å²) in [6.45, 7) is 3.62. The van der Waals surface area contributed by atoms with Crippen molar-refractivity contribution in [3.8, 4) is 5.75 Å². The minimum atomic E-state index is -0.450. The number of hydrogen-bond acceptors (Lipinski definition) is 4. The molecule has 0 spiro atoms. The number of rotatable bonds is 7. The summed E-state index contributed by atoms with van der Waals surface area (Å²) in [6.07, 6.45) is 0.918. The zero-order valence-electron chi connectivity index (χ0n) is 12.1. The van der Waals surface area contributed by atoms with Gasteiger partial charge in [0.2, 0.25) is 0 Å². The predicted molar refractivity (Wildman–Crippen MR) is 75.6 cm³/mol. The van der Waals surface area contributed by atoms with Crippen LogP contribution in [0.3, 0.4) is 0 Å². The van der Waals surface area contributed by atoms with Crippen LogP contribution in [0.25, 0.3) is 0 Å². The Labute approximate surface area is 119 Å². The highest BCUT2D eigenvalue weighted by atomic mass is 16.5. The number of nitrogens with one attached hydrogen (secondary N) is 1. The van der Waals surface area contributed by atoms with E-state index < -0.39 is 5.97 Å². The average molecular weight is 279 g/mol. The second-order valence-corrected chi connectivity index (χ2v) is 4.53. The van der Waals surface area contributed by atoms with E-state index in [-0.39, 0.29) is 25.0 Å². The third-order valence-electron chi connectivity index (χ3n) is 2.91. The Morgan fingerprint density at radius 1 is 1.30 bits per heavy atom. The SMILES string of the molecule is CC[C@H](C)NC(=O)COC(=O)Cc1ccccc1OC. The number of carbonyl (C=O) groups excluding carboxylic acids is 2. The van der Waals surface area contributed by atoms with Crippen LogP contribution in [0.2, 0.25) is 0 Å². The molecule has 0 radical (unpaired) electrons. The lowest BCUT2D eigenvalue weighted by Crippen LogP contribution is -2.35. The van der Waals surface area contributed by atoms with Crippen molar-refractivity contribution in [2.45, 2.75) is 32.7 Å². The van der Waals surface area contributed by atoms with Crippen molar-refractivity contribution >= 4 is 11.9 Å². The molecule has 0 aliphatic heterocycles. The maximum absolute atomic E-state index is 11.7. The van der Waals surface area contributed by atoms with Crippen LogP contribution in [-0.2, 0) is 20.7 Å². The Morgan fingerprint density at radius 3 is 2.65 bits per heavy atom. The average Bonchev–Trinajstić information content (AvgIpc) is 2.45. The van der Waals surface area contributed by atoms with Crippen molar-refractivity contribution in [3.63, 3.8) is 0 Å². The molecule has 1 aromatic carbocycles. The molecule has 1 atom stereocenters. The molecule has 0 aliphatic rings. The maximum Gasteiger partial charge on any atom is 0.310 e. The third kappa shape index (κ3) is 5.30. The molecule has 0 saturated heterocycles. The lowest BCUT2D eigenvalue weighted by molar-refractivity contribution is -0.148. The van der Waals surface area contributed by atoms with Gasteiger partial charge in [-0.2, -0.15) is 0 Å². The van der Waals surface area contributed by atoms with E-state index in [4.69, 9.17) is 9.47 Å². The second-order valence-electron chi connectivity index (χ2n) is 4.53. The summed E-state index contributed by atoms with van der Waals surface area (Å²) in [6, 6.07) is 7.29. The van der Waals surface area contributed by atoms with Crippen LogP contribution in [0.4, 0.5) is 0 Å². The lowest BCUT2D eigenvalue weighted by Gasteiger charge is -2.12. The van der Waals surface area contributed by atoms with E-state index in [0.717, 1.165) is 12.0 Å². The van der Waals surface area contributed by atoms with Gasteiger partial charge in [-0.3, -0.25) is 9.59 Å². The van der Waals surface area contributed by atoms with Gasteiger partial charge in [0.15, 0.2) is 6.61 Å². The zero-order chi connectivity index (χ0) is 15.0. The normalized spacial score (nSPS) is 11.6. The van der Waals surface area contributed by atoms with Gasteiger partial charge in [-0.25, -0.2) is 0 Å². The first-order valence-corrected chi connectivity index (χ1v) is 6.63. The van der Waals surface area contributed by atoms with E-state index in [1.54, 1.807) is 19.2 Å². The third-order valence-corrected chi connectivity index (χ3v) is 2.91. The Balaban J connectivity index is 2.42. The van der Waals surface area contributed by atoms with Gasteiger partial charge in [0, 0.05) is 11.6 Å². The Hall–Kier alpha value is -2.04.